The number of aromatic nitrogens is 2. The number of nitrogens with one attached hydrogen (secondary N) is 2. The van der Waals surface area contributed by atoms with E-state index in [2.05, 4.69) is 34.6 Å². The Kier molecular flexibility index (Phi) is 8.04. The molecule has 0 spiro atoms. The van der Waals surface area contributed by atoms with Crippen LogP contribution in [-0.2, 0) is 17.8 Å². The number of hydrogen-bond acceptors (Lipinski definition) is 3. The molecule has 6 heteroatoms. The molecule has 0 saturated carbocycles. The molecule has 0 bridgehead atoms. The van der Waals surface area contributed by atoms with E-state index in [4.69, 9.17) is 12.2 Å². The Morgan fingerprint density at radius 3 is 2.32 bits per heavy atom. The number of amides is 1. The fourth-order valence-corrected chi connectivity index (χ4v) is 4.47. The quantitative estimate of drug-likeness (QED) is 0.230. The average molecular weight is 472 g/mol. The monoisotopic (exact) mass is 471 g/mol. The van der Waals surface area contributed by atoms with Crippen molar-refractivity contribution in [1.82, 2.24) is 14.9 Å². The minimum Gasteiger partial charge on any atom is -0.349 e. The SMILES string of the molecule is O=C(CCCCCn1c(=S)[nH]c2ccccc2c1=O)NC(Cc1ccccc1)c1ccccc1. The molecule has 1 amide bonds. The normalized spacial score (nSPS) is 11.9. The highest BCUT2D eigenvalue weighted by atomic mass is 32.1. The number of carbonyl (C=O) groups excluding carboxylic acids is 1. The fraction of sp³-hybridized carbons (Fsp3) is 0.250. The Balaban J connectivity index is 1.30. The summed E-state index contributed by atoms with van der Waals surface area (Å²) in [4.78, 5) is 28.6. The number of hydrogen-bond donors (Lipinski definition) is 2. The molecule has 34 heavy (non-hydrogen) atoms. The summed E-state index contributed by atoms with van der Waals surface area (Å²) in [6.45, 7) is 0.543. The highest BCUT2D eigenvalue weighted by molar-refractivity contribution is 7.71. The summed E-state index contributed by atoms with van der Waals surface area (Å²) in [6.07, 6.45) is 3.60. The lowest BCUT2D eigenvalue weighted by Crippen LogP contribution is -2.29. The molecule has 4 aromatic rings. The molecule has 2 N–H and O–H groups in total. The van der Waals surface area contributed by atoms with E-state index in [1.54, 1.807) is 4.57 Å². The molecule has 0 aliphatic heterocycles. The van der Waals surface area contributed by atoms with E-state index in [-0.39, 0.29) is 17.5 Å². The summed E-state index contributed by atoms with van der Waals surface area (Å²) in [6, 6.07) is 27.6. The Hall–Kier alpha value is -3.51. The van der Waals surface area contributed by atoms with Gasteiger partial charge in [-0.25, -0.2) is 0 Å². The van der Waals surface area contributed by atoms with Gasteiger partial charge in [-0.2, -0.15) is 0 Å². The summed E-state index contributed by atoms with van der Waals surface area (Å²) < 4.78 is 2.05. The van der Waals surface area contributed by atoms with E-state index in [1.807, 2.05) is 60.7 Å². The van der Waals surface area contributed by atoms with Crippen LogP contribution < -0.4 is 10.9 Å². The molecule has 5 nitrogen and oxygen atoms in total. The van der Waals surface area contributed by atoms with Crippen LogP contribution in [0.15, 0.2) is 89.7 Å². The predicted octanol–water partition coefficient (Wildman–Crippen LogP) is 5.72. The predicted molar refractivity (Wildman–Crippen MR) is 139 cm³/mol. The number of fused-ring (bicyclic) bond motifs is 1. The second-order valence-electron chi connectivity index (χ2n) is 8.46. The zero-order chi connectivity index (χ0) is 23.8. The summed E-state index contributed by atoms with van der Waals surface area (Å²) in [5.41, 5.74) is 2.98. The van der Waals surface area contributed by atoms with Crippen molar-refractivity contribution in [2.75, 3.05) is 0 Å². The van der Waals surface area contributed by atoms with Crippen LogP contribution in [0.5, 0.6) is 0 Å². The van der Waals surface area contributed by atoms with Crippen LogP contribution in [0.1, 0.15) is 42.9 Å². The van der Waals surface area contributed by atoms with Crippen molar-refractivity contribution in [3.63, 3.8) is 0 Å². The first-order valence-corrected chi connectivity index (χ1v) is 12.1. The molecule has 0 aliphatic rings. The van der Waals surface area contributed by atoms with Gasteiger partial charge in [0.2, 0.25) is 5.91 Å². The van der Waals surface area contributed by atoms with Gasteiger partial charge >= 0.3 is 0 Å². The van der Waals surface area contributed by atoms with Crippen LogP contribution in [-0.4, -0.2) is 15.5 Å². The molecule has 0 saturated heterocycles. The van der Waals surface area contributed by atoms with Crippen LogP contribution in [0.2, 0.25) is 0 Å². The maximum atomic E-state index is 12.7. The largest absolute Gasteiger partial charge is 0.349 e. The van der Waals surface area contributed by atoms with Gasteiger partial charge in [0.25, 0.3) is 5.56 Å². The number of para-hydroxylation sites is 1. The van der Waals surface area contributed by atoms with Crippen LogP contribution in [0.3, 0.4) is 0 Å². The Morgan fingerprint density at radius 2 is 1.56 bits per heavy atom. The number of rotatable bonds is 10. The van der Waals surface area contributed by atoms with Crippen molar-refractivity contribution < 1.29 is 4.79 Å². The summed E-state index contributed by atoms with van der Waals surface area (Å²) >= 11 is 5.38. The Labute approximate surface area is 204 Å². The van der Waals surface area contributed by atoms with Crippen LogP contribution in [0.4, 0.5) is 0 Å². The van der Waals surface area contributed by atoms with Gasteiger partial charge in [0, 0.05) is 13.0 Å². The Morgan fingerprint density at radius 1 is 0.882 bits per heavy atom. The molecule has 1 heterocycles. The second kappa shape index (κ2) is 11.6. The van der Waals surface area contributed by atoms with Gasteiger partial charge in [0.15, 0.2) is 4.77 Å². The first-order chi connectivity index (χ1) is 16.6. The molecule has 0 fully saturated rings. The molecule has 0 radical (unpaired) electrons. The molecule has 1 atom stereocenters. The van der Waals surface area contributed by atoms with Gasteiger partial charge in [-0.05, 0) is 54.7 Å². The number of unbranched alkanes of at least 4 members (excludes halogenated alkanes) is 2. The highest BCUT2D eigenvalue weighted by Crippen LogP contribution is 2.19. The summed E-state index contributed by atoms with van der Waals surface area (Å²) in [5.74, 6) is 0.0462. The molecular weight excluding hydrogens is 442 g/mol. The fourth-order valence-electron chi connectivity index (χ4n) is 4.19. The van der Waals surface area contributed by atoms with Gasteiger partial charge in [-0.1, -0.05) is 79.2 Å². The van der Waals surface area contributed by atoms with E-state index in [0.717, 1.165) is 36.8 Å². The molecule has 1 aromatic heterocycles. The lowest BCUT2D eigenvalue weighted by molar-refractivity contribution is -0.122. The zero-order valence-electron chi connectivity index (χ0n) is 19.1. The van der Waals surface area contributed by atoms with E-state index >= 15 is 0 Å². The molecule has 1 unspecified atom stereocenters. The average Bonchev–Trinajstić information content (AvgIpc) is 2.86. The second-order valence-corrected chi connectivity index (χ2v) is 8.85. The third-order valence-electron chi connectivity index (χ3n) is 5.99. The van der Waals surface area contributed by atoms with Crippen molar-refractivity contribution in [1.29, 1.82) is 0 Å². The molecule has 0 aliphatic carbocycles. The smallest absolute Gasteiger partial charge is 0.262 e. The van der Waals surface area contributed by atoms with Crippen molar-refractivity contribution >= 4 is 29.0 Å². The van der Waals surface area contributed by atoms with Gasteiger partial charge in [-0.3, -0.25) is 14.2 Å². The lowest BCUT2D eigenvalue weighted by atomic mass is 9.98. The van der Waals surface area contributed by atoms with E-state index in [0.29, 0.717) is 23.1 Å². The number of benzene rings is 3. The first-order valence-electron chi connectivity index (χ1n) is 11.7. The van der Waals surface area contributed by atoms with Crippen molar-refractivity contribution in [3.05, 3.63) is 111 Å². The van der Waals surface area contributed by atoms with Crippen LogP contribution in [0.25, 0.3) is 10.9 Å². The maximum absolute atomic E-state index is 12.7. The van der Waals surface area contributed by atoms with E-state index in [1.165, 1.54) is 5.56 Å². The van der Waals surface area contributed by atoms with Gasteiger partial charge in [-0.15, -0.1) is 0 Å². The molecular formula is C28H29N3O2S. The van der Waals surface area contributed by atoms with Gasteiger partial charge in [0.1, 0.15) is 0 Å². The maximum Gasteiger partial charge on any atom is 0.262 e. The third-order valence-corrected chi connectivity index (χ3v) is 6.32. The summed E-state index contributed by atoms with van der Waals surface area (Å²) in [7, 11) is 0. The van der Waals surface area contributed by atoms with Crippen molar-refractivity contribution in [3.8, 4) is 0 Å². The van der Waals surface area contributed by atoms with E-state index < -0.39 is 0 Å². The number of nitrogens with zero attached hydrogens (tertiary/aromatic N) is 1. The van der Waals surface area contributed by atoms with Crippen molar-refractivity contribution in [2.24, 2.45) is 0 Å². The topological polar surface area (TPSA) is 66.9 Å². The highest BCUT2D eigenvalue weighted by Gasteiger charge is 2.15. The third kappa shape index (κ3) is 6.08. The number of aromatic amines is 1. The van der Waals surface area contributed by atoms with Gasteiger partial charge < -0.3 is 10.3 Å². The van der Waals surface area contributed by atoms with Crippen molar-refractivity contribution in [2.45, 2.75) is 44.7 Å². The number of H-pyrrole nitrogens is 1. The van der Waals surface area contributed by atoms with E-state index in [9.17, 15) is 9.59 Å². The minimum atomic E-state index is -0.0660. The molecule has 174 valence electrons. The zero-order valence-corrected chi connectivity index (χ0v) is 19.9. The van der Waals surface area contributed by atoms with Crippen LogP contribution >= 0.6 is 12.2 Å². The Bertz CT molecular complexity index is 1350. The first kappa shape index (κ1) is 23.6. The molecule has 4 rings (SSSR count). The standard InChI is InChI=1S/C28H29N3O2S/c32-26(29-25(22-14-6-2-7-15-22)20-21-12-4-1-5-13-21)18-8-3-11-19-31-27(33)23-16-9-10-17-24(23)30-28(31)34/h1-2,4-7,9-10,12-17,25H,3,8,11,18-20H2,(H,29,32)(H,30,34). The summed E-state index contributed by atoms with van der Waals surface area (Å²) in [5, 5.41) is 3.85. The van der Waals surface area contributed by atoms with Crippen LogP contribution in [0, 0.1) is 4.77 Å². The van der Waals surface area contributed by atoms with Gasteiger partial charge in [0.05, 0.1) is 16.9 Å². The minimum absolute atomic E-state index is 0.0462. The lowest BCUT2D eigenvalue weighted by Gasteiger charge is -2.19. The molecule has 3 aromatic carbocycles. The number of carbonyl (C=O) groups is 1.